The maximum absolute atomic E-state index is 13.1. The van der Waals surface area contributed by atoms with Gasteiger partial charge in [0.1, 0.15) is 0 Å². The summed E-state index contributed by atoms with van der Waals surface area (Å²) in [6.07, 6.45) is 0. The summed E-state index contributed by atoms with van der Waals surface area (Å²) in [6, 6.07) is 12.9. The molecule has 0 radical (unpaired) electrons. The monoisotopic (exact) mass is 379 g/mol. The van der Waals surface area contributed by atoms with Crippen molar-refractivity contribution in [3.05, 3.63) is 53.6 Å². The summed E-state index contributed by atoms with van der Waals surface area (Å²) in [7, 11) is 0. The number of rotatable bonds is 5. The van der Waals surface area contributed by atoms with Crippen LogP contribution in [0.15, 0.2) is 42.5 Å². The van der Waals surface area contributed by atoms with Crippen molar-refractivity contribution in [3.8, 4) is 28.9 Å². The van der Waals surface area contributed by atoms with Crippen molar-refractivity contribution in [2.45, 2.75) is 20.8 Å². The van der Waals surface area contributed by atoms with Crippen molar-refractivity contribution in [3.63, 3.8) is 0 Å². The molecule has 144 valence electrons. The zero-order valence-electron chi connectivity index (χ0n) is 16.0. The second-order valence-electron chi connectivity index (χ2n) is 7.07. The molecule has 0 unspecified atom stereocenters. The van der Waals surface area contributed by atoms with Gasteiger partial charge in [0, 0.05) is 11.1 Å². The van der Waals surface area contributed by atoms with Crippen LogP contribution in [0.1, 0.15) is 29.8 Å². The molecule has 0 bridgehead atoms. The van der Waals surface area contributed by atoms with Crippen LogP contribution < -0.4 is 14.2 Å². The van der Waals surface area contributed by atoms with Crippen LogP contribution in [-0.2, 0) is 0 Å². The average molecular weight is 379 g/mol. The van der Waals surface area contributed by atoms with Gasteiger partial charge in [-0.1, -0.05) is 31.5 Å². The summed E-state index contributed by atoms with van der Waals surface area (Å²) in [5.74, 6) is 1.70. The van der Waals surface area contributed by atoms with Gasteiger partial charge in [-0.15, -0.1) is 5.10 Å². The molecule has 3 aromatic rings. The molecule has 1 aliphatic heterocycles. The summed E-state index contributed by atoms with van der Waals surface area (Å²) in [5.41, 5.74) is 2.29. The highest BCUT2D eigenvalue weighted by Crippen LogP contribution is 2.36. The highest BCUT2D eigenvalue weighted by Gasteiger charge is 2.22. The lowest BCUT2D eigenvalue weighted by Gasteiger charge is -2.06. The van der Waals surface area contributed by atoms with Gasteiger partial charge in [-0.3, -0.25) is 4.79 Å². The van der Waals surface area contributed by atoms with Gasteiger partial charge in [-0.25, -0.2) is 0 Å². The molecule has 0 aliphatic carbocycles. The molecule has 0 atom stereocenters. The zero-order chi connectivity index (χ0) is 19.7. The minimum absolute atomic E-state index is 0.168. The Morgan fingerprint density at radius 1 is 1.14 bits per heavy atom. The molecule has 0 N–H and O–H groups in total. The Morgan fingerprint density at radius 3 is 2.64 bits per heavy atom. The summed E-state index contributed by atoms with van der Waals surface area (Å²) in [4.78, 5) is 17.5. The summed E-state index contributed by atoms with van der Waals surface area (Å²) in [6.45, 7) is 6.68. The van der Waals surface area contributed by atoms with Crippen molar-refractivity contribution < 1.29 is 19.0 Å². The summed E-state index contributed by atoms with van der Waals surface area (Å²) in [5, 5.41) is 4.31. The van der Waals surface area contributed by atoms with E-state index in [9.17, 15) is 4.79 Å². The lowest BCUT2D eigenvalue weighted by atomic mass is 10.1. The number of aryl methyl sites for hydroxylation is 1. The minimum Gasteiger partial charge on any atom is -0.462 e. The maximum atomic E-state index is 13.1. The van der Waals surface area contributed by atoms with E-state index in [2.05, 4.69) is 10.1 Å². The molecule has 28 heavy (non-hydrogen) atoms. The third kappa shape index (κ3) is 3.55. The number of ether oxygens (including phenoxy) is 3. The smallest absolute Gasteiger partial charge is 0.336 e. The first kappa shape index (κ1) is 18.0. The third-order valence-electron chi connectivity index (χ3n) is 4.26. The van der Waals surface area contributed by atoms with E-state index in [1.807, 2.05) is 39.0 Å². The van der Waals surface area contributed by atoms with Gasteiger partial charge < -0.3 is 14.2 Å². The van der Waals surface area contributed by atoms with Crippen LogP contribution in [0.4, 0.5) is 0 Å². The molecule has 7 nitrogen and oxygen atoms in total. The molecule has 0 spiro atoms. The van der Waals surface area contributed by atoms with Gasteiger partial charge in [-0.2, -0.15) is 9.67 Å². The van der Waals surface area contributed by atoms with Crippen LogP contribution in [0.25, 0.3) is 11.4 Å². The Labute approximate surface area is 162 Å². The molecule has 1 aromatic heterocycles. The Hall–Kier alpha value is -3.35. The molecule has 0 amide bonds. The SMILES string of the molecule is Cc1ccc(C(=O)n2nc(OCC(C)C)nc2-c2ccc3c(c2)OCO3)cc1. The van der Waals surface area contributed by atoms with E-state index < -0.39 is 0 Å². The van der Waals surface area contributed by atoms with Crippen molar-refractivity contribution in [2.75, 3.05) is 13.4 Å². The average Bonchev–Trinajstić information content (AvgIpc) is 3.32. The Kier molecular flexibility index (Phi) is 4.73. The molecule has 1 aliphatic rings. The van der Waals surface area contributed by atoms with Crippen LogP contribution in [0.2, 0.25) is 0 Å². The third-order valence-corrected chi connectivity index (χ3v) is 4.26. The van der Waals surface area contributed by atoms with E-state index in [-0.39, 0.29) is 18.7 Å². The van der Waals surface area contributed by atoms with Crippen molar-refractivity contribution in [1.29, 1.82) is 0 Å². The molecule has 4 rings (SSSR count). The van der Waals surface area contributed by atoms with Crippen molar-refractivity contribution >= 4 is 5.91 Å². The number of carbonyl (C=O) groups excluding carboxylic acids is 1. The first-order valence-electron chi connectivity index (χ1n) is 9.12. The number of aromatic nitrogens is 3. The Balaban J connectivity index is 1.75. The molecule has 0 saturated heterocycles. The zero-order valence-corrected chi connectivity index (χ0v) is 16.0. The quantitative estimate of drug-likeness (QED) is 0.673. The van der Waals surface area contributed by atoms with Gasteiger partial charge >= 0.3 is 6.01 Å². The van der Waals surface area contributed by atoms with Crippen LogP contribution >= 0.6 is 0 Å². The first-order chi connectivity index (χ1) is 13.5. The molecule has 0 fully saturated rings. The predicted octanol–water partition coefficient (Wildman–Crippen LogP) is 3.71. The predicted molar refractivity (Wildman–Crippen MR) is 103 cm³/mol. The van der Waals surface area contributed by atoms with Crippen LogP contribution in [0.3, 0.4) is 0 Å². The Bertz CT molecular complexity index is 1010. The number of nitrogens with zero attached hydrogens (tertiary/aromatic N) is 3. The fourth-order valence-electron chi connectivity index (χ4n) is 2.78. The molecular formula is C21H21N3O4. The van der Waals surface area contributed by atoms with Gasteiger partial charge in [0.25, 0.3) is 5.91 Å². The molecule has 0 saturated carbocycles. The van der Waals surface area contributed by atoms with Crippen LogP contribution in [0.5, 0.6) is 17.5 Å². The van der Waals surface area contributed by atoms with E-state index in [1.54, 1.807) is 24.3 Å². The lowest BCUT2D eigenvalue weighted by Crippen LogP contribution is -2.15. The van der Waals surface area contributed by atoms with Gasteiger partial charge in [0.15, 0.2) is 17.3 Å². The lowest BCUT2D eigenvalue weighted by molar-refractivity contribution is 0.0944. The van der Waals surface area contributed by atoms with Crippen LogP contribution in [0, 0.1) is 12.8 Å². The number of hydrogen-bond donors (Lipinski definition) is 0. The normalized spacial score (nSPS) is 12.4. The fraction of sp³-hybridized carbons (Fsp3) is 0.286. The maximum Gasteiger partial charge on any atom is 0.336 e. The van der Waals surface area contributed by atoms with E-state index >= 15 is 0 Å². The van der Waals surface area contributed by atoms with E-state index in [0.29, 0.717) is 41.0 Å². The summed E-state index contributed by atoms with van der Waals surface area (Å²) >= 11 is 0. The topological polar surface area (TPSA) is 75.5 Å². The van der Waals surface area contributed by atoms with Crippen LogP contribution in [-0.4, -0.2) is 34.1 Å². The summed E-state index contributed by atoms with van der Waals surface area (Å²) < 4.78 is 17.7. The van der Waals surface area contributed by atoms with Gasteiger partial charge in [0.2, 0.25) is 6.79 Å². The largest absolute Gasteiger partial charge is 0.462 e. The van der Waals surface area contributed by atoms with Gasteiger partial charge in [-0.05, 0) is 43.2 Å². The highest BCUT2D eigenvalue weighted by molar-refractivity contribution is 5.97. The fourth-order valence-corrected chi connectivity index (χ4v) is 2.78. The molecule has 2 heterocycles. The molecule has 2 aromatic carbocycles. The molecular weight excluding hydrogens is 358 g/mol. The number of hydrogen-bond acceptors (Lipinski definition) is 6. The number of fused-ring (bicyclic) bond motifs is 1. The van der Waals surface area contributed by atoms with Gasteiger partial charge in [0.05, 0.1) is 6.61 Å². The van der Waals surface area contributed by atoms with E-state index in [1.165, 1.54) is 4.68 Å². The number of benzene rings is 2. The Morgan fingerprint density at radius 2 is 1.89 bits per heavy atom. The minimum atomic E-state index is -0.278. The van der Waals surface area contributed by atoms with Crippen molar-refractivity contribution in [1.82, 2.24) is 14.8 Å². The van der Waals surface area contributed by atoms with Crippen molar-refractivity contribution in [2.24, 2.45) is 5.92 Å². The second-order valence-corrected chi connectivity index (χ2v) is 7.07. The second kappa shape index (κ2) is 7.34. The molecule has 7 heteroatoms. The van der Waals surface area contributed by atoms with E-state index in [4.69, 9.17) is 14.2 Å². The van der Waals surface area contributed by atoms with E-state index in [0.717, 1.165) is 5.56 Å². The number of carbonyl (C=O) groups is 1. The first-order valence-corrected chi connectivity index (χ1v) is 9.12. The standard InChI is InChI=1S/C21H21N3O4/c1-13(2)11-26-21-22-19(16-8-9-17-18(10-16)28-12-27-17)24(23-21)20(25)15-6-4-14(3)5-7-15/h4-10,13H,11-12H2,1-3H3. The highest BCUT2D eigenvalue weighted by atomic mass is 16.7.